The van der Waals surface area contributed by atoms with E-state index in [1.54, 1.807) is 0 Å². The highest BCUT2D eigenvalue weighted by Crippen LogP contribution is 2.37. The van der Waals surface area contributed by atoms with Crippen LogP contribution in [0.2, 0.25) is 0 Å². The zero-order chi connectivity index (χ0) is 17.0. The standard InChI is InChI=1S/C15H18N2O6/c1-3-12-15(19)16(8-4-5-14(18)22-2)11-9-10(17(20)21)6-7-13(11)23-12/h6-7,9,12H,3-5,8H2,1-2H3. The highest BCUT2D eigenvalue weighted by atomic mass is 16.6. The molecule has 0 N–H and O–H groups in total. The number of benzene rings is 1. The number of nitro groups is 1. The zero-order valence-corrected chi connectivity index (χ0v) is 13.0. The molecule has 0 radical (unpaired) electrons. The highest BCUT2D eigenvalue weighted by molar-refractivity contribution is 6.00. The van der Waals surface area contributed by atoms with Gasteiger partial charge in [-0.2, -0.15) is 0 Å². The molecule has 0 saturated carbocycles. The third-order valence-electron chi connectivity index (χ3n) is 3.62. The number of nitro benzene ring substituents is 1. The van der Waals surface area contributed by atoms with Crippen LogP contribution in [0.15, 0.2) is 18.2 Å². The third-order valence-corrected chi connectivity index (χ3v) is 3.62. The molecule has 0 aliphatic carbocycles. The maximum absolute atomic E-state index is 12.5. The first-order valence-corrected chi connectivity index (χ1v) is 7.31. The van der Waals surface area contributed by atoms with Crippen molar-refractivity contribution in [3.05, 3.63) is 28.3 Å². The molecule has 1 aromatic rings. The number of fused-ring (bicyclic) bond motifs is 1. The number of rotatable bonds is 6. The second-order valence-corrected chi connectivity index (χ2v) is 5.09. The van der Waals surface area contributed by atoms with Gasteiger partial charge in [0.1, 0.15) is 5.75 Å². The number of non-ortho nitro benzene ring substituents is 1. The predicted molar refractivity (Wildman–Crippen MR) is 81.4 cm³/mol. The number of anilines is 1. The maximum atomic E-state index is 12.5. The van der Waals surface area contributed by atoms with E-state index in [4.69, 9.17) is 4.74 Å². The van der Waals surface area contributed by atoms with Crippen molar-refractivity contribution in [3.8, 4) is 5.75 Å². The van der Waals surface area contributed by atoms with Gasteiger partial charge in [-0.1, -0.05) is 6.92 Å². The number of amides is 1. The Kier molecular flexibility index (Phi) is 5.15. The molecule has 1 atom stereocenters. The Hall–Kier alpha value is -2.64. The number of hydrogen-bond donors (Lipinski definition) is 0. The lowest BCUT2D eigenvalue weighted by molar-refractivity contribution is -0.384. The fraction of sp³-hybridized carbons (Fsp3) is 0.467. The molecular formula is C15H18N2O6. The minimum Gasteiger partial charge on any atom is -0.478 e. The van der Waals surface area contributed by atoms with Crippen molar-refractivity contribution in [2.24, 2.45) is 0 Å². The molecule has 1 aliphatic heterocycles. The summed E-state index contributed by atoms with van der Waals surface area (Å²) in [4.78, 5) is 35.5. The van der Waals surface area contributed by atoms with Crippen molar-refractivity contribution >= 4 is 23.3 Å². The quantitative estimate of drug-likeness (QED) is 0.451. The van der Waals surface area contributed by atoms with Gasteiger partial charge in [-0.3, -0.25) is 19.7 Å². The smallest absolute Gasteiger partial charge is 0.305 e. The molecule has 0 aromatic heterocycles. The van der Waals surface area contributed by atoms with E-state index in [-0.39, 0.29) is 30.5 Å². The first-order chi connectivity index (χ1) is 11.0. The van der Waals surface area contributed by atoms with E-state index in [1.807, 2.05) is 6.92 Å². The number of methoxy groups -OCH3 is 1. The lowest BCUT2D eigenvalue weighted by atomic mass is 10.1. The van der Waals surface area contributed by atoms with E-state index in [0.29, 0.717) is 24.3 Å². The Morgan fingerprint density at radius 2 is 2.22 bits per heavy atom. The molecule has 1 amide bonds. The second kappa shape index (κ2) is 7.08. The fourth-order valence-electron chi connectivity index (χ4n) is 2.40. The average Bonchev–Trinajstić information content (AvgIpc) is 2.55. The molecule has 2 rings (SSSR count). The van der Waals surface area contributed by atoms with Crippen LogP contribution < -0.4 is 9.64 Å². The van der Waals surface area contributed by atoms with E-state index in [9.17, 15) is 19.7 Å². The summed E-state index contributed by atoms with van der Waals surface area (Å²) in [5.74, 6) is -0.192. The molecule has 0 spiro atoms. The second-order valence-electron chi connectivity index (χ2n) is 5.09. The molecular weight excluding hydrogens is 304 g/mol. The van der Waals surface area contributed by atoms with Crippen molar-refractivity contribution in [1.82, 2.24) is 0 Å². The SMILES string of the molecule is CCC1Oc2ccc([N+](=O)[O-])cc2N(CCCC(=O)OC)C1=O. The molecule has 1 aliphatic rings. The van der Waals surface area contributed by atoms with Gasteiger partial charge in [0.2, 0.25) is 0 Å². The summed E-state index contributed by atoms with van der Waals surface area (Å²) in [6, 6.07) is 4.15. The molecule has 0 fully saturated rings. The van der Waals surface area contributed by atoms with Gasteiger partial charge in [0, 0.05) is 25.1 Å². The van der Waals surface area contributed by atoms with Gasteiger partial charge in [-0.05, 0) is 18.9 Å². The third kappa shape index (κ3) is 3.58. The fourth-order valence-corrected chi connectivity index (χ4v) is 2.40. The largest absolute Gasteiger partial charge is 0.478 e. The average molecular weight is 322 g/mol. The number of ether oxygens (including phenoxy) is 2. The Morgan fingerprint density at radius 3 is 2.83 bits per heavy atom. The van der Waals surface area contributed by atoms with E-state index in [0.717, 1.165) is 0 Å². The van der Waals surface area contributed by atoms with Gasteiger partial charge >= 0.3 is 5.97 Å². The number of esters is 1. The molecule has 8 nitrogen and oxygen atoms in total. The lowest BCUT2D eigenvalue weighted by Crippen LogP contribution is -2.46. The van der Waals surface area contributed by atoms with Gasteiger partial charge < -0.3 is 14.4 Å². The number of nitrogens with zero attached hydrogens (tertiary/aromatic N) is 2. The van der Waals surface area contributed by atoms with Crippen LogP contribution in [0.3, 0.4) is 0 Å². The summed E-state index contributed by atoms with van der Waals surface area (Å²) in [5.41, 5.74) is 0.242. The van der Waals surface area contributed by atoms with Gasteiger partial charge in [0.15, 0.2) is 6.10 Å². The molecule has 0 saturated heterocycles. The lowest BCUT2D eigenvalue weighted by Gasteiger charge is -2.33. The van der Waals surface area contributed by atoms with E-state index in [1.165, 1.54) is 30.2 Å². The summed E-state index contributed by atoms with van der Waals surface area (Å²) in [7, 11) is 1.30. The zero-order valence-electron chi connectivity index (χ0n) is 13.0. The number of carbonyl (C=O) groups excluding carboxylic acids is 2. The summed E-state index contributed by atoms with van der Waals surface area (Å²) in [6.45, 7) is 2.09. The highest BCUT2D eigenvalue weighted by Gasteiger charge is 2.34. The van der Waals surface area contributed by atoms with Crippen molar-refractivity contribution in [1.29, 1.82) is 0 Å². The summed E-state index contributed by atoms with van der Waals surface area (Å²) >= 11 is 0. The topological polar surface area (TPSA) is 99.0 Å². The van der Waals surface area contributed by atoms with Crippen molar-refractivity contribution in [2.45, 2.75) is 32.3 Å². The summed E-state index contributed by atoms with van der Waals surface area (Å²) in [6.07, 6.45) is 0.434. The van der Waals surface area contributed by atoms with Crippen LogP contribution >= 0.6 is 0 Å². The first-order valence-electron chi connectivity index (χ1n) is 7.31. The van der Waals surface area contributed by atoms with E-state index < -0.39 is 11.0 Å². The van der Waals surface area contributed by atoms with Crippen LogP contribution in [-0.4, -0.2) is 36.6 Å². The van der Waals surface area contributed by atoms with Crippen LogP contribution in [0.1, 0.15) is 26.2 Å². The predicted octanol–water partition coefficient (Wildman–Crippen LogP) is 2.05. The minimum atomic E-state index is -0.623. The molecule has 1 heterocycles. The summed E-state index contributed by atoms with van der Waals surface area (Å²) < 4.78 is 10.2. The molecule has 23 heavy (non-hydrogen) atoms. The maximum Gasteiger partial charge on any atom is 0.305 e. The van der Waals surface area contributed by atoms with Crippen LogP contribution in [0.5, 0.6) is 5.75 Å². The minimum absolute atomic E-state index is 0.118. The molecule has 124 valence electrons. The first kappa shape index (κ1) is 16.7. The molecule has 8 heteroatoms. The van der Waals surface area contributed by atoms with Crippen molar-refractivity contribution in [2.75, 3.05) is 18.6 Å². The summed E-state index contributed by atoms with van der Waals surface area (Å²) in [5, 5.41) is 10.9. The number of hydrogen-bond acceptors (Lipinski definition) is 6. The number of carbonyl (C=O) groups is 2. The van der Waals surface area contributed by atoms with Crippen molar-refractivity contribution in [3.63, 3.8) is 0 Å². The normalized spacial score (nSPS) is 16.5. The molecule has 1 aromatic carbocycles. The molecule has 0 bridgehead atoms. The Balaban J connectivity index is 2.27. The van der Waals surface area contributed by atoms with Gasteiger partial charge in [0.25, 0.3) is 11.6 Å². The van der Waals surface area contributed by atoms with Crippen LogP contribution in [-0.2, 0) is 14.3 Å². The van der Waals surface area contributed by atoms with Gasteiger partial charge in [-0.15, -0.1) is 0 Å². The Labute approximate surface area is 133 Å². The van der Waals surface area contributed by atoms with Gasteiger partial charge in [0.05, 0.1) is 17.7 Å². The monoisotopic (exact) mass is 322 g/mol. The van der Waals surface area contributed by atoms with Gasteiger partial charge in [-0.25, -0.2) is 0 Å². The van der Waals surface area contributed by atoms with Crippen molar-refractivity contribution < 1.29 is 24.0 Å². The van der Waals surface area contributed by atoms with Crippen LogP contribution in [0.4, 0.5) is 11.4 Å². The molecule has 1 unspecified atom stereocenters. The Morgan fingerprint density at radius 1 is 1.48 bits per heavy atom. The van der Waals surface area contributed by atoms with Crippen LogP contribution in [0, 0.1) is 10.1 Å². The Bertz CT molecular complexity index is 630. The van der Waals surface area contributed by atoms with E-state index in [2.05, 4.69) is 4.74 Å². The van der Waals surface area contributed by atoms with E-state index >= 15 is 0 Å². The van der Waals surface area contributed by atoms with Crippen LogP contribution in [0.25, 0.3) is 0 Å².